The number of aliphatic hydroxyl groups excluding tert-OH is 1. The number of rotatable bonds is 5. The molecule has 25 heavy (non-hydrogen) atoms. The Bertz CT molecular complexity index is 694. The van der Waals surface area contributed by atoms with Crippen molar-refractivity contribution in [3.05, 3.63) is 57.3 Å². The van der Waals surface area contributed by atoms with Gasteiger partial charge in [-0.15, -0.1) is 0 Å². The summed E-state index contributed by atoms with van der Waals surface area (Å²) in [4.78, 5) is 6.36. The first-order valence-electron chi connectivity index (χ1n) is 8.03. The second kappa shape index (κ2) is 8.47. The van der Waals surface area contributed by atoms with E-state index in [2.05, 4.69) is 25.8 Å². The van der Waals surface area contributed by atoms with Crippen LogP contribution in [0, 0.1) is 0 Å². The number of nitrogens with zero attached hydrogens (tertiary/aromatic N) is 2. The number of ether oxygens (including phenoxy) is 2. The van der Waals surface area contributed by atoms with Crippen LogP contribution in [0.1, 0.15) is 17.2 Å². The van der Waals surface area contributed by atoms with Crippen molar-refractivity contribution in [2.24, 2.45) is 0 Å². The second-order valence-electron chi connectivity index (χ2n) is 5.91. The highest BCUT2D eigenvalue weighted by molar-refractivity contribution is 9.10. The van der Waals surface area contributed by atoms with Crippen LogP contribution in [0.3, 0.4) is 0 Å². The molecule has 134 valence electrons. The summed E-state index contributed by atoms with van der Waals surface area (Å²) >= 11 is 9.44. The molecule has 1 aliphatic rings. The predicted molar refractivity (Wildman–Crippen MR) is 99.9 cm³/mol. The number of aliphatic hydroxyl groups is 1. The Morgan fingerprint density at radius 3 is 2.76 bits per heavy atom. The molecule has 3 rings (SSSR count). The Hall–Kier alpha value is -1.18. The molecule has 1 N–H and O–H groups in total. The molecule has 0 saturated carbocycles. The topological polar surface area (TPSA) is 54.8 Å². The lowest BCUT2D eigenvalue weighted by molar-refractivity contribution is -0.0915. The van der Waals surface area contributed by atoms with E-state index < -0.39 is 0 Å². The highest BCUT2D eigenvalue weighted by atomic mass is 79.9. The van der Waals surface area contributed by atoms with Gasteiger partial charge < -0.3 is 14.6 Å². The number of methoxy groups -OCH3 is 1. The van der Waals surface area contributed by atoms with Crippen LogP contribution in [0.4, 0.5) is 0 Å². The van der Waals surface area contributed by atoms with E-state index in [0.717, 1.165) is 30.0 Å². The van der Waals surface area contributed by atoms with Crippen LogP contribution in [0.5, 0.6) is 5.75 Å². The summed E-state index contributed by atoms with van der Waals surface area (Å²) in [6.45, 7) is 2.08. The maximum absolute atomic E-state index is 9.99. The van der Waals surface area contributed by atoms with E-state index in [-0.39, 0.29) is 18.8 Å². The third-order valence-electron chi connectivity index (χ3n) is 4.34. The lowest BCUT2D eigenvalue weighted by Crippen LogP contribution is -2.48. The zero-order valence-electron chi connectivity index (χ0n) is 13.9. The molecule has 2 aromatic rings. The van der Waals surface area contributed by atoms with Gasteiger partial charge in [0.05, 0.1) is 26.4 Å². The highest BCUT2D eigenvalue weighted by Gasteiger charge is 2.33. The lowest BCUT2D eigenvalue weighted by Gasteiger charge is -2.40. The van der Waals surface area contributed by atoms with Gasteiger partial charge in [0, 0.05) is 13.1 Å². The maximum atomic E-state index is 9.99. The van der Waals surface area contributed by atoms with Gasteiger partial charge >= 0.3 is 0 Å². The first kappa shape index (κ1) is 18.6. The number of morpholine rings is 1. The largest absolute Gasteiger partial charge is 0.497 e. The van der Waals surface area contributed by atoms with Gasteiger partial charge in [0.2, 0.25) is 0 Å². The van der Waals surface area contributed by atoms with Crippen molar-refractivity contribution in [2.45, 2.75) is 18.7 Å². The van der Waals surface area contributed by atoms with Gasteiger partial charge in [-0.3, -0.25) is 4.90 Å². The van der Waals surface area contributed by atoms with Crippen LogP contribution in [-0.4, -0.2) is 47.9 Å². The molecule has 0 amide bonds. The molecule has 0 spiro atoms. The summed E-state index contributed by atoms with van der Waals surface area (Å²) in [6, 6.07) is 11.5. The fourth-order valence-electron chi connectivity index (χ4n) is 3.10. The van der Waals surface area contributed by atoms with Crippen LogP contribution in [0.2, 0.25) is 5.15 Å². The Morgan fingerprint density at radius 1 is 1.36 bits per heavy atom. The van der Waals surface area contributed by atoms with Crippen molar-refractivity contribution in [2.75, 3.05) is 26.9 Å². The van der Waals surface area contributed by atoms with Gasteiger partial charge in [-0.25, -0.2) is 4.98 Å². The molecule has 2 unspecified atom stereocenters. The van der Waals surface area contributed by atoms with Crippen molar-refractivity contribution in [1.29, 1.82) is 0 Å². The quantitative estimate of drug-likeness (QED) is 0.741. The number of pyridine rings is 1. The van der Waals surface area contributed by atoms with E-state index in [9.17, 15) is 5.11 Å². The van der Waals surface area contributed by atoms with Gasteiger partial charge in [0.1, 0.15) is 21.6 Å². The predicted octanol–water partition coefficient (Wildman–Crippen LogP) is 3.44. The minimum atomic E-state index is -0.256. The molecule has 1 aromatic heterocycles. The van der Waals surface area contributed by atoms with Crippen molar-refractivity contribution < 1.29 is 14.6 Å². The molecule has 1 fully saturated rings. The van der Waals surface area contributed by atoms with E-state index in [1.165, 1.54) is 0 Å². The fourth-order valence-corrected chi connectivity index (χ4v) is 3.88. The summed E-state index contributed by atoms with van der Waals surface area (Å²) in [5.41, 5.74) is 2.07. The average Bonchev–Trinajstić information content (AvgIpc) is 2.61. The summed E-state index contributed by atoms with van der Waals surface area (Å²) in [5, 5.41) is 10.4. The monoisotopic (exact) mass is 426 g/mol. The number of benzene rings is 1. The third kappa shape index (κ3) is 4.51. The molecule has 0 bridgehead atoms. The first-order chi connectivity index (χ1) is 12.1. The first-order valence-corrected chi connectivity index (χ1v) is 9.20. The summed E-state index contributed by atoms with van der Waals surface area (Å²) in [5.74, 6) is 0.832. The lowest BCUT2D eigenvalue weighted by atomic mass is 10.00. The molecular weight excluding hydrogens is 408 g/mol. The molecule has 1 saturated heterocycles. The van der Waals surface area contributed by atoms with Crippen LogP contribution < -0.4 is 4.74 Å². The van der Waals surface area contributed by atoms with Crippen LogP contribution in [-0.2, 0) is 11.3 Å². The van der Waals surface area contributed by atoms with E-state index in [1.807, 2.05) is 30.3 Å². The average molecular weight is 428 g/mol. The molecule has 1 aromatic carbocycles. The summed E-state index contributed by atoms with van der Waals surface area (Å²) in [6.07, 6.45) is -0.256. The van der Waals surface area contributed by atoms with Crippen molar-refractivity contribution in [3.8, 4) is 5.75 Å². The zero-order chi connectivity index (χ0) is 17.8. The number of hydrogen-bond donors (Lipinski definition) is 1. The third-order valence-corrected chi connectivity index (χ3v) is 4.94. The molecule has 1 aliphatic heterocycles. The smallest absolute Gasteiger partial charge is 0.130 e. The number of hydrogen-bond acceptors (Lipinski definition) is 5. The summed E-state index contributed by atoms with van der Waals surface area (Å²) in [7, 11) is 1.65. The minimum absolute atomic E-state index is 0.00160. The van der Waals surface area contributed by atoms with Gasteiger partial charge in [-0.2, -0.15) is 0 Å². The van der Waals surface area contributed by atoms with E-state index in [4.69, 9.17) is 21.1 Å². The van der Waals surface area contributed by atoms with Crippen LogP contribution >= 0.6 is 27.5 Å². The SMILES string of the molecule is COc1ccc(CN2CCOC(c3cc(Cl)nc(Br)c3)C2CO)cc1. The fraction of sp³-hybridized carbons (Fsp3) is 0.389. The van der Waals surface area contributed by atoms with Crippen molar-refractivity contribution >= 4 is 27.5 Å². The maximum Gasteiger partial charge on any atom is 0.130 e. The Kier molecular flexibility index (Phi) is 6.30. The Labute approximate surface area is 160 Å². The van der Waals surface area contributed by atoms with E-state index in [1.54, 1.807) is 13.2 Å². The van der Waals surface area contributed by atoms with E-state index >= 15 is 0 Å². The van der Waals surface area contributed by atoms with E-state index in [0.29, 0.717) is 16.4 Å². The Balaban J connectivity index is 1.80. The van der Waals surface area contributed by atoms with Crippen LogP contribution in [0.15, 0.2) is 41.0 Å². The second-order valence-corrected chi connectivity index (χ2v) is 7.11. The molecule has 2 heterocycles. The molecule has 0 aliphatic carbocycles. The number of halogens is 2. The molecule has 2 atom stereocenters. The minimum Gasteiger partial charge on any atom is -0.497 e. The molecule has 5 nitrogen and oxygen atoms in total. The van der Waals surface area contributed by atoms with Gasteiger partial charge in [0.15, 0.2) is 0 Å². The van der Waals surface area contributed by atoms with Gasteiger partial charge in [0.25, 0.3) is 0 Å². The molecule has 0 radical (unpaired) electrons. The number of aromatic nitrogens is 1. The highest BCUT2D eigenvalue weighted by Crippen LogP contribution is 2.32. The van der Waals surface area contributed by atoms with Crippen LogP contribution in [0.25, 0.3) is 0 Å². The summed E-state index contributed by atoms with van der Waals surface area (Å²) < 4.78 is 11.8. The van der Waals surface area contributed by atoms with Gasteiger partial charge in [-0.05, 0) is 51.3 Å². The zero-order valence-corrected chi connectivity index (χ0v) is 16.2. The van der Waals surface area contributed by atoms with Crippen molar-refractivity contribution in [1.82, 2.24) is 9.88 Å². The standard InChI is InChI=1S/C18H20BrClN2O3/c1-24-14-4-2-12(3-5-14)10-22-6-7-25-18(15(22)11-23)13-8-16(19)21-17(20)9-13/h2-5,8-9,15,18,23H,6-7,10-11H2,1H3. The molecular formula is C18H20BrClN2O3. The normalized spacial score (nSPS) is 21.3. The van der Waals surface area contributed by atoms with Gasteiger partial charge in [-0.1, -0.05) is 23.7 Å². The Morgan fingerprint density at radius 2 is 2.12 bits per heavy atom. The molecule has 7 heteroatoms. The van der Waals surface area contributed by atoms with Crippen molar-refractivity contribution in [3.63, 3.8) is 0 Å².